The minimum Gasteiger partial charge on any atom is -0.242 e. The van der Waals surface area contributed by atoms with E-state index in [1.165, 1.54) is 5.56 Å². The highest BCUT2D eigenvalue weighted by atomic mass is 15.7. The molecule has 0 radical (unpaired) electrons. The van der Waals surface area contributed by atoms with Gasteiger partial charge in [0.05, 0.1) is 5.69 Å². The molecule has 0 heterocycles. The van der Waals surface area contributed by atoms with E-state index in [0.29, 0.717) is 0 Å². The monoisotopic (exact) mass is 165 g/mol. The summed E-state index contributed by atoms with van der Waals surface area (Å²) in [6.07, 6.45) is 0. The standard InChI is InChI=1S/C9H15N3/c1-8-4-6-9(7-5-8)12(10)11(2)3/h4-7H,10H2,1-3H3. The van der Waals surface area contributed by atoms with Crippen molar-refractivity contribution < 1.29 is 0 Å². The third-order valence-electron chi connectivity index (χ3n) is 1.73. The fourth-order valence-corrected chi connectivity index (χ4v) is 0.928. The average Bonchev–Trinajstić information content (AvgIpc) is 2.04. The van der Waals surface area contributed by atoms with Gasteiger partial charge in [-0.2, -0.15) is 0 Å². The van der Waals surface area contributed by atoms with Crippen molar-refractivity contribution in [3.05, 3.63) is 29.8 Å². The first-order valence-electron chi connectivity index (χ1n) is 3.90. The molecule has 0 saturated carbocycles. The Balaban J connectivity index is 2.82. The van der Waals surface area contributed by atoms with Crippen LogP contribution in [-0.4, -0.2) is 19.1 Å². The van der Waals surface area contributed by atoms with Crippen molar-refractivity contribution in [1.82, 2.24) is 5.01 Å². The van der Waals surface area contributed by atoms with Gasteiger partial charge in [0.2, 0.25) is 0 Å². The highest BCUT2D eigenvalue weighted by Gasteiger charge is 2.01. The summed E-state index contributed by atoms with van der Waals surface area (Å²) in [5, 5.41) is 3.42. The molecule has 0 aromatic heterocycles. The van der Waals surface area contributed by atoms with Crippen molar-refractivity contribution >= 4 is 5.69 Å². The third kappa shape index (κ3) is 1.96. The molecule has 0 atom stereocenters. The van der Waals surface area contributed by atoms with Crippen LogP contribution in [0.5, 0.6) is 0 Å². The van der Waals surface area contributed by atoms with Crippen molar-refractivity contribution in [2.45, 2.75) is 6.92 Å². The zero-order chi connectivity index (χ0) is 9.14. The second-order valence-corrected chi connectivity index (χ2v) is 3.03. The number of nitrogens with two attached hydrogens (primary N) is 1. The van der Waals surface area contributed by atoms with Gasteiger partial charge in [-0.25, -0.2) is 16.0 Å². The van der Waals surface area contributed by atoms with Crippen LogP contribution >= 0.6 is 0 Å². The molecule has 0 fully saturated rings. The Morgan fingerprint density at radius 3 is 2.00 bits per heavy atom. The van der Waals surface area contributed by atoms with Gasteiger partial charge in [-0.1, -0.05) is 17.7 Å². The van der Waals surface area contributed by atoms with Gasteiger partial charge in [-0.15, -0.1) is 0 Å². The van der Waals surface area contributed by atoms with Crippen LogP contribution in [0.1, 0.15) is 5.56 Å². The lowest BCUT2D eigenvalue weighted by molar-refractivity contribution is 0.375. The molecule has 0 aliphatic heterocycles. The normalized spacial score (nSPS) is 10.4. The number of benzene rings is 1. The van der Waals surface area contributed by atoms with E-state index in [2.05, 4.69) is 6.92 Å². The Bertz CT molecular complexity index is 240. The van der Waals surface area contributed by atoms with Crippen LogP contribution in [0.15, 0.2) is 24.3 Å². The van der Waals surface area contributed by atoms with Crippen LogP contribution < -0.4 is 11.0 Å². The lowest BCUT2D eigenvalue weighted by Gasteiger charge is -2.25. The smallest absolute Gasteiger partial charge is 0.0702 e. The van der Waals surface area contributed by atoms with Gasteiger partial charge in [-0.05, 0) is 19.1 Å². The molecule has 3 heteroatoms. The van der Waals surface area contributed by atoms with Crippen molar-refractivity contribution in [2.24, 2.45) is 5.84 Å². The number of aryl methyl sites for hydroxylation is 1. The van der Waals surface area contributed by atoms with Crippen LogP contribution in [0.4, 0.5) is 5.69 Å². The second-order valence-electron chi connectivity index (χ2n) is 3.03. The molecular formula is C9H15N3. The molecule has 12 heavy (non-hydrogen) atoms. The fraction of sp³-hybridized carbons (Fsp3) is 0.333. The summed E-state index contributed by atoms with van der Waals surface area (Å²) < 4.78 is 0. The lowest BCUT2D eigenvalue weighted by atomic mass is 10.2. The molecule has 0 bridgehead atoms. The van der Waals surface area contributed by atoms with E-state index >= 15 is 0 Å². The molecule has 0 unspecified atom stereocenters. The summed E-state index contributed by atoms with van der Waals surface area (Å²) in [7, 11) is 3.81. The molecule has 0 spiro atoms. The largest absolute Gasteiger partial charge is 0.242 e. The van der Waals surface area contributed by atoms with Gasteiger partial charge in [0.15, 0.2) is 0 Å². The Labute approximate surface area is 73.3 Å². The summed E-state index contributed by atoms with van der Waals surface area (Å²) in [6.45, 7) is 2.06. The molecule has 66 valence electrons. The molecule has 2 N–H and O–H groups in total. The average molecular weight is 165 g/mol. The molecule has 0 amide bonds. The van der Waals surface area contributed by atoms with E-state index in [-0.39, 0.29) is 0 Å². The molecule has 1 rings (SSSR count). The van der Waals surface area contributed by atoms with Gasteiger partial charge < -0.3 is 0 Å². The second kappa shape index (κ2) is 3.56. The Morgan fingerprint density at radius 1 is 1.08 bits per heavy atom. The van der Waals surface area contributed by atoms with Gasteiger partial charge in [0.1, 0.15) is 0 Å². The molecule has 3 nitrogen and oxygen atoms in total. The summed E-state index contributed by atoms with van der Waals surface area (Å²) in [5.41, 5.74) is 2.23. The first-order valence-corrected chi connectivity index (χ1v) is 3.90. The van der Waals surface area contributed by atoms with Crippen LogP contribution in [0, 0.1) is 6.92 Å². The predicted molar refractivity (Wildman–Crippen MR) is 51.5 cm³/mol. The maximum Gasteiger partial charge on any atom is 0.0702 e. The van der Waals surface area contributed by atoms with Gasteiger partial charge in [0.25, 0.3) is 0 Å². The number of rotatable bonds is 2. The first-order chi connectivity index (χ1) is 5.61. The van der Waals surface area contributed by atoms with Crippen LogP contribution in [-0.2, 0) is 0 Å². The maximum atomic E-state index is 5.75. The predicted octanol–water partition coefficient (Wildman–Crippen LogP) is 1.15. The molecule has 0 aliphatic carbocycles. The van der Waals surface area contributed by atoms with Crippen molar-refractivity contribution in [2.75, 3.05) is 19.2 Å². The van der Waals surface area contributed by atoms with Crippen LogP contribution in [0.3, 0.4) is 0 Å². The first kappa shape index (κ1) is 9.03. The fourth-order valence-electron chi connectivity index (χ4n) is 0.928. The summed E-state index contributed by atoms with van der Waals surface area (Å²) in [6, 6.07) is 8.07. The number of nitrogens with zero attached hydrogens (tertiary/aromatic N) is 2. The number of anilines is 1. The minimum atomic E-state index is 0.991. The zero-order valence-electron chi connectivity index (χ0n) is 7.78. The van der Waals surface area contributed by atoms with Crippen molar-refractivity contribution in [3.63, 3.8) is 0 Å². The third-order valence-corrected chi connectivity index (χ3v) is 1.73. The number of hydrogen-bond acceptors (Lipinski definition) is 3. The van der Waals surface area contributed by atoms with E-state index in [4.69, 9.17) is 5.84 Å². The Morgan fingerprint density at radius 2 is 1.58 bits per heavy atom. The highest BCUT2D eigenvalue weighted by Crippen LogP contribution is 2.11. The summed E-state index contributed by atoms with van der Waals surface area (Å²) >= 11 is 0. The van der Waals surface area contributed by atoms with E-state index in [1.54, 1.807) is 5.12 Å². The van der Waals surface area contributed by atoms with E-state index in [1.807, 2.05) is 43.4 Å². The quantitative estimate of drug-likeness (QED) is 0.527. The van der Waals surface area contributed by atoms with E-state index in [9.17, 15) is 0 Å². The number of hydrogen-bond donors (Lipinski definition) is 1. The molecule has 1 aromatic rings. The topological polar surface area (TPSA) is 32.5 Å². The van der Waals surface area contributed by atoms with Gasteiger partial charge >= 0.3 is 0 Å². The van der Waals surface area contributed by atoms with Crippen molar-refractivity contribution in [1.29, 1.82) is 0 Å². The Kier molecular flexibility index (Phi) is 2.68. The van der Waals surface area contributed by atoms with E-state index in [0.717, 1.165) is 5.69 Å². The molecule has 1 aromatic carbocycles. The molecular weight excluding hydrogens is 150 g/mol. The van der Waals surface area contributed by atoms with Crippen LogP contribution in [0.2, 0.25) is 0 Å². The summed E-state index contributed by atoms with van der Waals surface area (Å²) in [5.74, 6) is 5.75. The summed E-state index contributed by atoms with van der Waals surface area (Å²) in [4.78, 5) is 0. The Hall–Kier alpha value is -1.06. The molecule has 0 saturated heterocycles. The zero-order valence-corrected chi connectivity index (χ0v) is 7.78. The lowest BCUT2D eigenvalue weighted by Crippen LogP contribution is -2.42. The minimum absolute atomic E-state index is 0.991. The molecule has 0 aliphatic rings. The highest BCUT2D eigenvalue weighted by molar-refractivity contribution is 5.44. The van der Waals surface area contributed by atoms with Crippen molar-refractivity contribution in [3.8, 4) is 0 Å². The van der Waals surface area contributed by atoms with Gasteiger partial charge in [0, 0.05) is 14.1 Å². The SMILES string of the molecule is Cc1ccc(N(N)N(C)C)cc1. The van der Waals surface area contributed by atoms with E-state index < -0.39 is 0 Å². The number of hydrazine groups is 2. The van der Waals surface area contributed by atoms with Gasteiger partial charge in [-0.3, -0.25) is 0 Å². The maximum absolute atomic E-state index is 5.75. The van der Waals surface area contributed by atoms with Crippen LogP contribution in [0.25, 0.3) is 0 Å².